The van der Waals surface area contributed by atoms with Gasteiger partial charge >= 0.3 is 0 Å². The van der Waals surface area contributed by atoms with Crippen LogP contribution < -0.4 is 28.4 Å². The first kappa shape index (κ1) is 35.9. The largest absolute Gasteiger partial charge is 0.496 e. The minimum Gasteiger partial charge on any atom is -0.496 e. The molecule has 0 bridgehead atoms. The number of aryl methyl sites for hydroxylation is 2. The molecule has 1 saturated heterocycles. The lowest BCUT2D eigenvalue weighted by atomic mass is 9.85. The Bertz CT molecular complexity index is 1590. The molecule has 1 aliphatic rings. The Morgan fingerprint density at radius 2 is 0.878 bits per heavy atom. The topological polar surface area (TPSA) is 64.6 Å². The molecule has 7 heteroatoms. The summed E-state index contributed by atoms with van der Waals surface area (Å²) < 4.78 is 42.0. The molecule has 4 aromatic rings. The van der Waals surface area contributed by atoms with Crippen LogP contribution in [0.1, 0.15) is 73.3 Å². The summed E-state index contributed by atoms with van der Waals surface area (Å²) in [5, 5.41) is 0. The second-order valence-electron chi connectivity index (χ2n) is 13.4. The fraction of sp³-hybridized carbons (Fsp3) is 0.429. The van der Waals surface area contributed by atoms with Crippen molar-refractivity contribution in [3.63, 3.8) is 0 Å². The van der Waals surface area contributed by atoms with Crippen molar-refractivity contribution < 1.29 is 33.2 Å². The number of benzene rings is 4. The van der Waals surface area contributed by atoms with E-state index in [1.165, 1.54) is 11.1 Å². The molecule has 0 saturated carbocycles. The van der Waals surface area contributed by atoms with E-state index < -0.39 is 0 Å². The van der Waals surface area contributed by atoms with E-state index in [9.17, 15) is 0 Å². The van der Waals surface area contributed by atoms with Crippen molar-refractivity contribution in [1.82, 2.24) is 0 Å². The van der Waals surface area contributed by atoms with Gasteiger partial charge in [-0.25, -0.2) is 0 Å². The molecule has 0 radical (unpaired) electrons. The molecule has 0 amide bonds. The van der Waals surface area contributed by atoms with Gasteiger partial charge in [0.1, 0.15) is 23.7 Å². The highest BCUT2D eigenvalue weighted by atomic mass is 16.5. The fourth-order valence-electron chi connectivity index (χ4n) is 6.95. The van der Waals surface area contributed by atoms with Crippen LogP contribution >= 0.6 is 0 Å². The zero-order chi connectivity index (χ0) is 35.2. The summed E-state index contributed by atoms with van der Waals surface area (Å²) in [6, 6.07) is 24.8. The van der Waals surface area contributed by atoms with Gasteiger partial charge in [-0.3, -0.25) is 0 Å². The predicted molar refractivity (Wildman–Crippen MR) is 194 cm³/mol. The molecule has 2 unspecified atom stereocenters. The first-order chi connectivity index (χ1) is 23.5. The lowest BCUT2D eigenvalue weighted by molar-refractivity contribution is 0.0287. The molecule has 1 fully saturated rings. The zero-order valence-electron chi connectivity index (χ0n) is 30.7. The highest BCUT2D eigenvalue weighted by molar-refractivity contribution is 5.46. The van der Waals surface area contributed by atoms with Crippen molar-refractivity contribution in [2.24, 2.45) is 11.8 Å². The Kier molecular flexibility index (Phi) is 11.7. The van der Waals surface area contributed by atoms with E-state index in [0.717, 1.165) is 58.1 Å². The van der Waals surface area contributed by atoms with Gasteiger partial charge in [0.2, 0.25) is 0 Å². The lowest BCUT2D eigenvalue weighted by Gasteiger charge is -2.21. The molecule has 4 aromatic carbocycles. The van der Waals surface area contributed by atoms with Crippen LogP contribution in [0.4, 0.5) is 0 Å². The van der Waals surface area contributed by atoms with Gasteiger partial charge in [-0.2, -0.15) is 0 Å². The van der Waals surface area contributed by atoms with Crippen LogP contribution in [0.2, 0.25) is 0 Å². The monoisotopic (exact) mass is 668 g/mol. The van der Waals surface area contributed by atoms with Crippen molar-refractivity contribution in [3.05, 3.63) is 106 Å². The lowest BCUT2D eigenvalue weighted by Crippen LogP contribution is -2.16. The Balaban J connectivity index is 1.26. The Labute approximate surface area is 292 Å². The SMILES string of the molecule is COc1ccc(C[C@@H](C)Oc2ccc(C3OC(c4ccc(O[C@H](C)Cc5ccc(OC)c(C)c5)c(OC)c4)[C@H](C)[C@H]3C)cc2OC)cc1C. The molecule has 6 atom stereocenters. The number of rotatable bonds is 14. The van der Waals surface area contributed by atoms with E-state index in [4.69, 9.17) is 33.2 Å². The van der Waals surface area contributed by atoms with Gasteiger partial charge in [-0.05, 0) is 109 Å². The average molecular weight is 669 g/mol. The zero-order valence-corrected chi connectivity index (χ0v) is 30.7. The average Bonchev–Trinajstić information content (AvgIpc) is 3.38. The van der Waals surface area contributed by atoms with Crippen molar-refractivity contribution in [2.45, 2.75) is 78.8 Å². The predicted octanol–water partition coefficient (Wildman–Crippen LogP) is 9.44. The standard InChI is InChI=1S/C42H52O7/c1-25-19-31(11-15-35(25)43-7)21-27(3)47-37-17-13-33(23-39(37)45-9)41-29(5)30(6)42(49-41)34-14-18-38(40(24-34)46-10)48-28(4)22-32-12-16-36(44-8)26(2)20-32/h11-20,23-24,27-30,41-42H,21-22H2,1-10H3/t27-,28-,29-,30-,41?,42?/m1/s1. The number of methoxy groups -OCH3 is 4. The maximum absolute atomic E-state index is 6.80. The third-order valence-electron chi connectivity index (χ3n) is 9.73. The van der Waals surface area contributed by atoms with Crippen LogP contribution in [0, 0.1) is 25.7 Å². The molecular formula is C42H52O7. The highest BCUT2D eigenvalue weighted by Gasteiger charge is 2.41. The number of ether oxygens (including phenoxy) is 7. The summed E-state index contributed by atoms with van der Waals surface area (Å²) in [6.07, 6.45) is 1.25. The first-order valence-electron chi connectivity index (χ1n) is 17.2. The van der Waals surface area contributed by atoms with Gasteiger partial charge in [-0.1, -0.05) is 50.2 Å². The Hall–Kier alpha value is -4.36. The van der Waals surface area contributed by atoms with Crippen LogP contribution in [0.3, 0.4) is 0 Å². The summed E-state index contributed by atoms with van der Waals surface area (Å²) in [5.41, 5.74) is 6.76. The summed E-state index contributed by atoms with van der Waals surface area (Å²) >= 11 is 0. The molecule has 0 spiro atoms. The van der Waals surface area contributed by atoms with E-state index in [1.54, 1.807) is 28.4 Å². The van der Waals surface area contributed by atoms with E-state index in [-0.39, 0.29) is 36.3 Å². The van der Waals surface area contributed by atoms with E-state index in [2.05, 4.69) is 90.1 Å². The molecule has 1 aliphatic heterocycles. The summed E-state index contributed by atoms with van der Waals surface area (Å²) in [7, 11) is 6.76. The van der Waals surface area contributed by atoms with Crippen molar-refractivity contribution >= 4 is 0 Å². The maximum Gasteiger partial charge on any atom is 0.161 e. The Morgan fingerprint density at radius 3 is 1.22 bits per heavy atom. The van der Waals surface area contributed by atoms with Crippen LogP contribution in [-0.2, 0) is 17.6 Å². The third-order valence-corrected chi connectivity index (χ3v) is 9.73. The second kappa shape index (κ2) is 15.9. The quantitative estimate of drug-likeness (QED) is 0.133. The minimum absolute atomic E-state index is 0.0461. The molecule has 5 rings (SSSR count). The third kappa shape index (κ3) is 8.27. The van der Waals surface area contributed by atoms with Gasteiger partial charge in [-0.15, -0.1) is 0 Å². The summed E-state index contributed by atoms with van der Waals surface area (Å²) in [4.78, 5) is 0. The second-order valence-corrected chi connectivity index (χ2v) is 13.4. The Morgan fingerprint density at radius 1 is 0.510 bits per heavy atom. The highest BCUT2D eigenvalue weighted by Crippen LogP contribution is 2.51. The molecule has 0 aliphatic carbocycles. The molecule has 7 nitrogen and oxygen atoms in total. The van der Waals surface area contributed by atoms with Gasteiger partial charge < -0.3 is 33.2 Å². The van der Waals surface area contributed by atoms with Crippen molar-refractivity contribution in [3.8, 4) is 34.5 Å². The van der Waals surface area contributed by atoms with Gasteiger partial charge in [0, 0.05) is 12.8 Å². The summed E-state index contributed by atoms with van der Waals surface area (Å²) in [5.74, 6) is 5.16. The van der Waals surface area contributed by atoms with E-state index >= 15 is 0 Å². The van der Waals surface area contributed by atoms with Crippen molar-refractivity contribution in [1.29, 1.82) is 0 Å². The molecule has 49 heavy (non-hydrogen) atoms. The van der Waals surface area contributed by atoms with Crippen LogP contribution in [0.25, 0.3) is 0 Å². The smallest absolute Gasteiger partial charge is 0.161 e. The van der Waals surface area contributed by atoms with Crippen molar-refractivity contribution in [2.75, 3.05) is 28.4 Å². The molecular weight excluding hydrogens is 616 g/mol. The fourth-order valence-corrected chi connectivity index (χ4v) is 6.95. The maximum atomic E-state index is 6.80. The number of hydrogen-bond acceptors (Lipinski definition) is 7. The van der Waals surface area contributed by atoms with Crippen LogP contribution in [-0.4, -0.2) is 40.6 Å². The molecule has 1 heterocycles. The van der Waals surface area contributed by atoms with Crippen LogP contribution in [0.5, 0.6) is 34.5 Å². The van der Waals surface area contributed by atoms with Gasteiger partial charge in [0.05, 0.1) is 40.6 Å². The summed E-state index contributed by atoms with van der Waals surface area (Å²) in [6.45, 7) is 12.8. The molecule has 262 valence electrons. The minimum atomic E-state index is -0.0995. The van der Waals surface area contributed by atoms with Crippen LogP contribution in [0.15, 0.2) is 72.8 Å². The van der Waals surface area contributed by atoms with Gasteiger partial charge in [0.15, 0.2) is 23.0 Å². The van der Waals surface area contributed by atoms with Gasteiger partial charge in [0.25, 0.3) is 0 Å². The number of hydrogen-bond donors (Lipinski definition) is 0. The van der Waals surface area contributed by atoms with E-state index in [0.29, 0.717) is 11.5 Å². The molecule has 0 aromatic heterocycles. The molecule has 0 N–H and O–H groups in total. The normalized spacial score (nSPS) is 20.0. The van der Waals surface area contributed by atoms with E-state index in [1.807, 2.05) is 24.3 Å². The first-order valence-corrected chi connectivity index (χ1v) is 17.2.